The van der Waals surface area contributed by atoms with Crippen LogP contribution in [0.2, 0.25) is 5.02 Å². The van der Waals surface area contributed by atoms with E-state index in [1.807, 2.05) is 99.6 Å². The van der Waals surface area contributed by atoms with Crippen LogP contribution in [0.4, 0.5) is 0 Å². The Morgan fingerprint density at radius 2 is 1.58 bits per heavy atom. The Kier molecular flexibility index (Phi) is 9.48. The van der Waals surface area contributed by atoms with Crippen molar-refractivity contribution in [3.8, 4) is 11.1 Å². The molecule has 5 nitrogen and oxygen atoms in total. The highest BCUT2D eigenvalue weighted by atomic mass is 35.5. The molecule has 0 fully saturated rings. The quantitative estimate of drug-likeness (QED) is 0.255. The second-order valence-corrected chi connectivity index (χ2v) is 7.92. The van der Waals surface area contributed by atoms with Crippen molar-refractivity contribution >= 4 is 35.2 Å². The minimum Gasteiger partial charge on any atom is -0.486 e. The normalized spacial score (nSPS) is 13.8. The lowest BCUT2D eigenvalue weighted by atomic mass is 9.89. The summed E-state index contributed by atoms with van der Waals surface area (Å²) in [7, 11) is 1.34. The summed E-state index contributed by atoms with van der Waals surface area (Å²) in [4.78, 5) is 13.1. The smallest absolute Gasteiger partial charge is 0.360 e. The molecule has 1 aliphatic rings. The number of carbonyl (C=O) groups excluding carboxylic acids is 1. The molecule has 0 saturated carbocycles. The molecule has 0 spiro atoms. The topological polar surface area (TPSA) is 51.1 Å². The predicted octanol–water partition coefficient (Wildman–Crippen LogP) is 7.77. The third-order valence-electron chi connectivity index (χ3n) is 5.49. The monoisotopic (exact) mass is 502 g/mol. The molecule has 0 N–H and O–H groups in total. The highest BCUT2D eigenvalue weighted by Crippen LogP contribution is 2.47. The first-order valence-corrected chi connectivity index (χ1v) is 12.3. The number of methoxy groups -OCH3 is 1. The van der Waals surface area contributed by atoms with Gasteiger partial charge in [-0.3, -0.25) is 0 Å². The van der Waals surface area contributed by atoms with Crippen molar-refractivity contribution in [2.75, 3.05) is 7.11 Å². The summed E-state index contributed by atoms with van der Waals surface area (Å²) < 4.78 is 11.5. The third kappa shape index (κ3) is 5.37. The van der Waals surface area contributed by atoms with Crippen LogP contribution in [0.1, 0.15) is 44.4 Å². The van der Waals surface area contributed by atoms with Gasteiger partial charge in [-0.05, 0) is 36.6 Å². The number of hydrogen-bond acceptors (Lipinski definition) is 5. The molecule has 4 rings (SSSR count). The Morgan fingerprint density at radius 1 is 0.944 bits per heavy atom. The molecule has 186 valence electrons. The fraction of sp³-hybridized carbons (Fsp3) is 0.200. The van der Waals surface area contributed by atoms with Crippen molar-refractivity contribution < 1.29 is 14.3 Å². The van der Waals surface area contributed by atoms with E-state index in [4.69, 9.17) is 21.1 Å². The van der Waals surface area contributed by atoms with Crippen molar-refractivity contribution in [3.63, 3.8) is 0 Å². The van der Waals surface area contributed by atoms with Gasteiger partial charge in [0.15, 0.2) is 11.5 Å². The summed E-state index contributed by atoms with van der Waals surface area (Å²) in [5.41, 5.74) is 5.27. The van der Waals surface area contributed by atoms with Crippen molar-refractivity contribution in [1.29, 1.82) is 0 Å². The lowest BCUT2D eigenvalue weighted by Gasteiger charge is -2.33. The molecule has 0 bridgehead atoms. The Morgan fingerprint density at radius 3 is 2.17 bits per heavy atom. The van der Waals surface area contributed by atoms with Gasteiger partial charge in [-0.25, -0.2) is 9.80 Å². The van der Waals surface area contributed by atoms with Crippen LogP contribution < -0.4 is 0 Å². The molecule has 6 heteroatoms. The highest BCUT2D eigenvalue weighted by Gasteiger charge is 2.38. The molecule has 0 aromatic heterocycles. The summed E-state index contributed by atoms with van der Waals surface area (Å²) in [6.07, 6.45) is 3.53. The van der Waals surface area contributed by atoms with Gasteiger partial charge in [0.05, 0.1) is 17.8 Å². The van der Waals surface area contributed by atoms with E-state index in [0.717, 1.165) is 22.3 Å². The Hall–Kier alpha value is -3.83. The zero-order chi connectivity index (χ0) is 26.1. The molecular weight excluding hydrogens is 472 g/mol. The number of rotatable bonds is 6. The summed E-state index contributed by atoms with van der Waals surface area (Å²) in [5.74, 6) is -0.246. The second-order valence-electron chi connectivity index (χ2n) is 7.51. The average Bonchev–Trinajstić information content (AvgIpc) is 2.93. The number of allylic oxidation sites excluding steroid dienone is 1. The molecule has 0 unspecified atom stereocenters. The first-order chi connectivity index (χ1) is 17.6. The number of ether oxygens (including phenoxy) is 2. The molecule has 0 aliphatic carbocycles. The molecule has 1 heterocycles. The Bertz CT molecular complexity index is 1280. The minimum atomic E-state index is -0.570. The lowest BCUT2D eigenvalue weighted by Crippen LogP contribution is -2.29. The summed E-state index contributed by atoms with van der Waals surface area (Å²) >= 11 is 6.79. The molecular formula is C30H31ClN2O3. The fourth-order valence-corrected chi connectivity index (χ4v) is 4.26. The van der Waals surface area contributed by atoms with Crippen LogP contribution in [-0.4, -0.2) is 24.3 Å². The van der Waals surface area contributed by atoms with Gasteiger partial charge >= 0.3 is 5.97 Å². The molecule has 0 atom stereocenters. The van der Waals surface area contributed by atoms with Crippen molar-refractivity contribution in [2.45, 2.75) is 34.3 Å². The maximum Gasteiger partial charge on any atom is 0.360 e. The zero-order valence-electron chi connectivity index (χ0n) is 21.3. The van der Waals surface area contributed by atoms with E-state index >= 15 is 0 Å². The SMILES string of the molecule is C/C=N\N1C(C(=O)OC)=C(OCc2ccccc2)c2c(Cl)ccc(-c3ccccc3)c2/C1=C\C.CC. The summed E-state index contributed by atoms with van der Waals surface area (Å²) in [6.45, 7) is 7.94. The highest BCUT2D eigenvalue weighted by molar-refractivity contribution is 6.33. The third-order valence-corrected chi connectivity index (χ3v) is 5.80. The molecule has 0 amide bonds. The number of hydrogen-bond donors (Lipinski definition) is 0. The van der Waals surface area contributed by atoms with Gasteiger partial charge in [-0.2, -0.15) is 5.10 Å². The second kappa shape index (κ2) is 12.8. The number of hydrazone groups is 1. The number of esters is 1. The number of fused-ring (bicyclic) bond motifs is 1. The first-order valence-electron chi connectivity index (χ1n) is 11.9. The van der Waals surface area contributed by atoms with Gasteiger partial charge in [-0.1, -0.05) is 98.3 Å². The van der Waals surface area contributed by atoms with Crippen molar-refractivity contribution in [1.82, 2.24) is 5.01 Å². The minimum absolute atomic E-state index is 0.171. The maximum atomic E-state index is 13.1. The van der Waals surface area contributed by atoms with Crippen LogP contribution in [0, 0.1) is 0 Å². The summed E-state index contributed by atoms with van der Waals surface area (Å²) in [5, 5.41) is 6.55. The van der Waals surface area contributed by atoms with Crippen molar-refractivity contribution in [2.24, 2.45) is 5.10 Å². The van der Waals surface area contributed by atoms with Crippen LogP contribution >= 0.6 is 11.6 Å². The van der Waals surface area contributed by atoms with Gasteiger partial charge in [-0.15, -0.1) is 0 Å². The standard InChI is InChI=1S/C28H25ClN2O3.C2H6/c1-4-23-24-21(20-14-10-7-11-15-20)16-17-22(29)25(24)27(34-18-19-12-8-6-9-13-19)26(28(32)33-3)31(23)30-5-2;1-2/h4-17H,18H2,1-3H3;1-2H3/b23-4+,30-5-;. The predicted molar refractivity (Wildman–Crippen MR) is 148 cm³/mol. The van der Waals surface area contributed by atoms with E-state index in [0.29, 0.717) is 22.0 Å². The van der Waals surface area contributed by atoms with E-state index in [1.54, 1.807) is 18.1 Å². The lowest BCUT2D eigenvalue weighted by molar-refractivity contribution is -0.137. The van der Waals surface area contributed by atoms with Gasteiger partial charge in [0.2, 0.25) is 0 Å². The number of carbonyl (C=O) groups is 1. The van der Waals surface area contributed by atoms with E-state index < -0.39 is 5.97 Å². The largest absolute Gasteiger partial charge is 0.486 e. The van der Waals surface area contributed by atoms with Gasteiger partial charge < -0.3 is 9.47 Å². The van der Waals surface area contributed by atoms with E-state index in [9.17, 15) is 4.79 Å². The molecule has 0 saturated heterocycles. The maximum absolute atomic E-state index is 13.1. The average molecular weight is 503 g/mol. The van der Waals surface area contributed by atoms with Crippen LogP contribution in [0.5, 0.6) is 0 Å². The van der Waals surface area contributed by atoms with Crippen LogP contribution in [0.15, 0.2) is 89.7 Å². The van der Waals surface area contributed by atoms with Crippen molar-refractivity contribution in [3.05, 3.63) is 106 Å². The van der Waals surface area contributed by atoms with E-state index in [1.165, 1.54) is 7.11 Å². The Labute approximate surface area is 218 Å². The van der Waals surface area contributed by atoms with E-state index in [2.05, 4.69) is 5.10 Å². The van der Waals surface area contributed by atoms with Gasteiger partial charge in [0.1, 0.15) is 6.61 Å². The van der Waals surface area contributed by atoms with E-state index in [-0.39, 0.29) is 12.3 Å². The molecule has 1 aliphatic heterocycles. The number of halogens is 1. The zero-order valence-corrected chi connectivity index (χ0v) is 22.0. The molecule has 36 heavy (non-hydrogen) atoms. The molecule has 0 radical (unpaired) electrons. The van der Waals surface area contributed by atoms with Gasteiger partial charge in [0, 0.05) is 17.3 Å². The molecule has 3 aromatic carbocycles. The van der Waals surface area contributed by atoms with Crippen LogP contribution in [0.25, 0.3) is 22.6 Å². The summed E-state index contributed by atoms with van der Waals surface area (Å²) in [6, 6.07) is 23.6. The number of nitrogens with zero attached hydrogens (tertiary/aromatic N) is 2. The first kappa shape index (κ1) is 26.8. The fourth-order valence-electron chi connectivity index (χ4n) is 4.01. The number of benzene rings is 3. The van der Waals surface area contributed by atoms with Crippen LogP contribution in [0.3, 0.4) is 0 Å². The van der Waals surface area contributed by atoms with Crippen LogP contribution in [-0.2, 0) is 20.9 Å². The Balaban J connectivity index is 0.00000176. The molecule has 3 aromatic rings. The van der Waals surface area contributed by atoms with Gasteiger partial charge in [0.25, 0.3) is 0 Å².